The molecule has 1 aromatic rings. The molecule has 1 N–H and O–H groups in total. The highest BCUT2D eigenvalue weighted by Gasteiger charge is 2.02. The molecular weight excluding hydrogens is 191 g/mol. The maximum Gasteiger partial charge on any atom is 0.130 e. The van der Waals surface area contributed by atoms with Gasteiger partial charge in [-0.05, 0) is 19.0 Å². The van der Waals surface area contributed by atoms with Crippen LogP contribution in [0, 0.1) is 11.6 Å². The van der Waals surface area contributed by atoms with Gasteiger partial charge < -0.3 is 5.32 Å². The van der Waals surface area contributed by atoms with Crippen LogP contribution in [0.4, 0.5) is 13.2 Å². The smallest absolute Gasteiger partial charge is 0.130 e. The summed E-state index contributed by atoms with van der Waals surface area (Å²) in [6, 6.07) is 3.43. The Bertz CT molecular complexity index is 289. The van der Waals surface area contributed by atoms with Crippen LogP contribution in [0.5, 0.6) is 0 Å². The van der Waals surface area contributed by atoms with Crippen LogP contribution in [0.25, 0.3) is 0 Å². The van der Waals surface area contributed by atoms with E-state index in [1.165, 1.54) is 12.1 Å². The number of benzene rings is 1. The van der Waals surface area contributed by atoms with Crippen LogP contribution in [0.3, 0.4) is 0 Å². The first kappa shape index (κ1) is 11.0. The maximum atomic E-state index is 13.0. The van der Waals surface area contributed by atoms with Gasteiger partial charge in [-0.1, -0.05) is 6.07 Å². The van der Waals surface area contributed by atoms with Crippen LogP contribution < -0.4 is 5.32 Å². The van der Waals surface area contributed by atoms with E-state index in [2.05, 4.69) is 5.32 Å². The minimum Gasteiger partial charge on any atom is -0.312 e. The average molecular weight is 203 g/mol. The van der Waals surface area contributed by atoms with Crippen molar-refractivity contribution >= 4 is 0 Å². The fraction of sp³-hybridized carbons (Fsp3) is 0.400. The monoisotopic (exact) mass is 203 g/mol. The minimum atomic E-state index is -0.588. The first-order valence-electron chi connectivity index (χ1n) is 4.44. The molecule has 0 saturated heterocycles. The molecule has 0 saturated carbocycles. The fourth-order valence-electron chi connectivity index (χ4n) is 1.08. The van der Waals surface area contributed by atoms with E-state index in [9.17, 15) is 13.2 Å². The lowest BCUT2D eigenvalue weighted by Gasteiger charge is -2.04. The summed E-state index contributed by atoms with van der Waals surface area (Å²) in [5.74, 6) is -1.16. The topological polar surface area (TPSA) is 12.0 Å². The zero-order valence-corrected chi connectivity index (χ0v) is 7.69. The molecule has 0 atom stereocenters. The molecule has 0 aliphatic heterocycles. The number of nitrogens with one attached hydrogen (secondary N) is 1. The van der Waals surface area contributed by atoms with Crippen molar-refractivity contribution in [1.82, 2.24) is 5.32 Å². The molecule has 0 fully saturated rings. The van der Waals surface area contributed by atoms with Crippen LogP contribution in [-0.2, 0) is 6.54 Å². The summed E-state index contributed by atoms with van der Waals surface area (Å²) in [6.45, 7) is 0.401. The maximum absolute atomic E-state index is 13.0. The Labute approximate surface area is 80.9 Å². The van der Waals surface area contributed by atoms with Gasteiger partial charge in [-0.25, -0.2) is 8.78 Å². The van der Waals surface area contributed by atoms with Gasteiger partial charge >= 0.3 is 0 Å². The molecule has 1 nitrogen and oxygen atoms in total. The average Bonchev–Trinajstić information content (AvgIpc) is 2.15. The quantitative estimate of drug-likeness (QED) is 0.724. The summed E-state index contributed by atoms with van der Waals surface area (Å²) in [5.41, 5.74) is 0.394. The van der Waals surface area contributed by atoms with Crippen molar-refractivity contribution in [2.75, 3.05) is 13.2 Å². The van der Waals surface area contributed by atoms with Gasteiger partial charge in [0.1, 0.15) is 11.6 Å². The van der Waals surface area contributed by atoms with Crippen molar-refractivity contribution in [3.63, 3.8) is 0 Å². The zero-order chi connectivity index (χ0) is 10.4. The summed E-state index contributed by atoms with van der Waals surface area (Å²) in [5, 5.41) is 2.86. The molecule has 0 bridgehead atoms. The Balaban J connectivity index is 2.42. The number of rotatable bonds is 5. The van der Waals surface area contributed by atoms with Gasteiger partial charge in [0.05, 0.1) is 6.67 Å². The highest BCUT2D eigenvalue weighted by molar-refractivity contribution is 5.18. The Morgan fingerprint density at radius 1 is 1.21 bits per heavy atom. The van der Waals surface area contributed by atoms with Crippen molar-refractivity contribution in [2.45, 2.75) is 13.0 Å². The van der Waals surface area contributed by atoms with Gasteiger partial charge in [0.2, 0.25) is 0 Å². The first-order chi connectivity index (χ1) is 6.74. The number of hydrogen-bond donors (Lipinski definition) is 1. The molecule has 1 rings (SSSR count). The normalized spacial score (nSPS) is 10.5. The highest BCUT2D eigenvalue weighted by Crippen LogP contribution is 2.08. The minimum absolute atomic E-state index is 0.298. The molecule has 0 aliphatic carbocycles. The molecule has 78 valence electrons. The molecule has 1 aromatic carbocycles. The van der Waals surface area contributed by atoms with Crippen LogP contribution >= 0.6 is 0 Å². The number of alkyl halides is 1. The third kappa shape index (κ3) is 3.38. The Morgan fingerprint density at radius 3 is 2.64 bits per heavy atom. The van der Waals surface area contributed by atoms with Crippen molar-refractivity contribution in [3.05, 3.63) is 35.4 Å². The summed E-state index contributed by atoms with van der Waals surface area (Å²) >= 11 is 0. The van der Waals surface area contributed by atoms with E-state index in [4.69, 9.17) is 0 Å². The van der Waals surface area contributed by atoms with Crippen LogP contribution in [0.15, 0.2) is 18.2 Å². The molecular formula is C10H12F3N. The van der Waals surface area contributed by atoms with Gasteiger partial charge in [0.25, 0.3) is 0 Å². The number of halogens is 3. The zero-order valence-electron chi connectivity index (χ0n) is 7.69. The molecule has 0 aliphatic rings. The van der Waals surface area contributed by atoms with Crippen LogP contribution in [0.2, 0.25) is 0 Å². The largest absolute Gasteiger partial charge is 0.312 e. The van der Waals surface area contributed by atoms with Crippen LogP contribution in [-0.4, -0.2) is 13.2 Å². The molecule has 0 radical (unpaired) electrons. The fourth-order valence-corrected chi connectivity index (χ4v) is 1.08. The predicted molar refractivity (Wildman–Crippen MR) is 48.7 cm³/mol. The SMILES string of the molecule is FCCCNCc1ccc(F)cc1F. The molecule has 0 unspecified atom stereocenters. The van der Waals surface area contributed by atoms with Crippen LogP contribution in [0.1, 0.15) is 12.0 Å². The van der Waals surface area contributed by atoms with Gasteiger partial charge in [0, 0.05) is 18.2 Å². The molecule has 0 heterocycles. The van der Waals surface area contributed by atoms with Crippen molar-refractivity contribution in [3.8, 4) is 0 Å². The summed E-state index contributed by atoms with van der Waals surface area (Å²) in [7, 11) is 0. The van der Waals surface area contributed by atoms with Crippen molar-refractivity contribution in [1.29, 1.82) is 0 Å². The van der Waals surface area contributed by atoms with Crippen molar-refractivity contribution < 1.29 is 13.2 Å². The summed E-state index contributed by atoms with van der Waals surface area (Å²) in [4.78, 5) is 0. The second-order valence-corrected chi connectivity index (χ2v) is 2.96. The molecule has 0 aromatic heterocycles. The highest BCUT2D eigenvalue weighted by atomic mass is 19.1. The third-order valence-electron chi connectivity index (χ3n) is 1.82. The van der Waals surface area contributed by atoms with Gasteiger partial charge in [-0.2, -0.15) is 0 Å². The lowest BCUT2D eigenvalue weighted by molar-refractivity contribution is 0.457. The van der Waals surface area contributed by atoms with E-state index in [1.807, 2.05) is 0 Å². The summed E-state index contributed by atoms with van der Waals surface area (Å²) in [6.07, 6.45) is 0.406. The van der Waals surface area contributed by atoms with E-state index in [0.717, 1.165) is 6.07 Å². The second-order valence-electron chi connectivity index (χ2n) is 2.96. The van der Waals surface area contributed by atoms with E-state index >= 15 is 0 Å². The first-order valence-corrected chi connectivity index (χ1v) is 4.44. The van der Waals surface area contributed by atoms with Gasteiger partial charge in [-0.15, -0.1) is 0 Å². The lowest BCUT2D eigenvalue weighted by Crippen LogP contribution is -2.16. The molecule has 14 heavy (non-hydrogen) atoms. The molecule has 0 amide bonds. The van der Waals surface area contributed by atoms with E-state index < -0.39 is 11.6 Å². The number of hydrogen-bond acceptors (Lipinski definition) is 1. The van der Waals surface area contributed by atoms with Gasteiger partial charge in [-0.3, -0.25) is 4.39 Å². The summed E-state index contributed by atoms with van der Waals surface area (Å²) < 4.78 is 37.2. The Morgan fingerprint density at radius 2 is 2.00 bits per heavy atom. The van der Waals surface area contributed by atoms with E-state index in [0.29, 0.717) is 25.1 Å². The predicted octanol–water partition coefficient (Wildman–Crippen LogP) is 2.41. The lowest BCUT2D eigenvalue weighted by atomic mass is 10.2. The Kier molecular flexibility index (Phi) is 4.46. The van der Waals surface area contributed by atoms with E-state index in [-0.39, 0.29) is 6.67 Å². The molecule has 0 spiro atoms. The van der Waals surface area contributed by atoms with E-state index in [1.54, 1.807) is 0 Å². The van der Waals surface area contributed by atoms with Crippen molar-refractivity contribution in [2.24, 2.45) is 0 Å². The third-order valence-corrected chi connectivity index (χ3v) is 1.82. The molecule has 4 heteroatoms. The second kappa shape index (κ2) is 5.65. The van der Waals surface area contributed by atoms with Gasteiger partial charge in [0.15, 0.2) is 0 Å². The Hall–Kier alpha value is -1.03. The standard InChI is InChI=1S/C10H12F3N/c11-4-1-5-14-7-8-2-3-9(12)6-10(8)13/h2-3,6,14H,1,4-5,7H2.